The number of imidazole rings is 1. The lowest BCUT2D eigenvalue weighted by molar-refractivity contribution is 0.208. The number of nitrogen functional groups attached to an aromatic ring is 1. The first-order valence-electron chi connectivity index (χ1n) is 7.23. The fourth-order valence-electron chi connectivity index (χ4n) is 3.01. The lowest BCUT2D eigenvalue weighted by Gasteiger charge is -2.29. The highest BCUT2D eigenvalue weighted by Crippen LogP contribution is 2.25. The second-order valence-corrected chi connectivity index (χ2v) is 6.23. The van der Waals surface area contributed by atoms with E-state index in [-0.39, 0.29) is 0 Å². The standard InChI is InChI=1S/C15H21ClN4/c1-19-7-4-11(5-8-19)6-9-20-14-10-12(16)2-3-13(14)18-15(20)17/h2-3,10-11H,4-9H2,1H3,(H2,17,18). The van der Waals surface area contributed by atoms with Crippen LogP contribution in [0.2, 0.25) is 5.02 Å². The van der Waals surface area contributed by atoms with E-state index in [1.54, 1.807) is 0 Å². The maximum atomic E-state index is 6.08. The Balaban J connectivity index is 1.74. The Labute approximate surface area is 124 Å². The third-order valence-corrected chi connectivity index (χ3v) is 4.57. The van der Waals surface area contributed by atoms with Crippen LogP contribution in [0.4, 0.5) is 5.95 Å². The normalized spacial score (nSPS) is 17.9. The maximum Gasteiger partial charge on any atom is 0.201 e. The summed E-state index contributed by atoms with van der Waals surface area (Å²) in [5.74, 6) is 1.39. The van der Waals surface area contributed by atoms with Gasteiger partial charge in [0.25, 0.3) is 0 Å². The van der Waals surface area contributed by atoms with Gasteiger partial charge in [-0.05, 0) is 63.5 Å². The van der Waals surface area contributed by atoms with Gasteiger partial charge in [0.15, 0.2) is 0 Å². The van der Waals surface area contributed by atoms with E-state index < -0.39 is 0 Å². The number of fused-ring (bicyclic) bond motifs is 1. The van der Waals surface area contributed by atoms with E-state index in [1.807, 2.05) is 18.2 Å². The van der Waals surface area contributed by atoms with Crippen molar-refractivity contribution in [3.8, 4) is 0 Å². The lowest BCUT2D eigenvalue weighted by Crippen LogP contribution is -2.30. The Hall–Kier alpha value is -1.26. The Morgan fingerprint density at radius 1 is 1.35 bits per heavy atom. The zero-order valence-electron chi connectivity index (χ0n) is 11.8. The van der Waals surface area contributed by atoms with Crippen LogP contribution in [-0.2, 0) is 6.54 Å². The van der Waals surface area contributed by atoms with Crippen LogP contribution >= 0.6 is 11.6 Å². The van der Waals surface area contributed by atoms with E-state index in [4.69, 9.17) is 17.3 Å². The second-order valence-electron chi connectivity index (χ2n) is 5.79. The summed E-state index contributed by atoms with van der Waals surface area (Å²) < 4.78 is 2.10. The quantitative estimate of drug-likeness (QED) is 0.946. The summed E-state index contributed by atoms with van der Waals surface area (Å²) in [6, 6.07) is 5.74. The number of aromatic nitrogens is 2. The summed E-state index contributed by atoms with van der Waals surface area (Å²) in [4.78, 5) is 6.80. The van der Waals surface area contributed by atoms with Crippen molar-refractivity contribution in [3.05, 3.63) is 23.2 Å². The van der Waals surface area contributed by atoms with E-state index in [0.29, 0.717) is 5.95 Å². The minimum atomic E-state index is 0.593. The number of halogens is 1. The lowest BCUT2D eigenvalue weighted by atomic mass is 9.94. The smallest absolute Gasteiger partial charge is 0.201 e. The molecule has 2 heterocycles. The van der Waals surface area contributed by atoms with Crippen molar-refractivity contribution in [2.45, 2.75) is 25.8 Å². The molecule has 3 rings (SSSR count). The topological polar surface area (TPSA) is 47.1 Å². The maximum absolute atomic E-state index is 6.08. The average Bonchev–Trinajstić information content (AvgIpc) is 2.73. The molecule has 20 heavy (non-hydrogen) atoms. The fourth-order valence-corrected chi connectivity index (χ4v) is 3.18. The molecule has 1 fully saturated rings. The van der Waals surface area contributed by atoms with Crippen LogP contribution in [0.5, 0.6) is 0 Å². The summed E-state index contributed by atoms with van der Waals surface area (Å²) in [6.07, 6.45) is 3.73. The first-order valence-corrected chi connectivity index (χ1v) is 7.61. The Morgan fingerprint density at radius 3 is 2.85 bits per heavy atom. The number of nitrogens with zero attached hydrogens (tertiary/aromatic N) is 3. The SMILES string of the molecule is CN1CCC(CCn2c(N)nc3ccc(Cl)cc32)CC1. The molecule has 0 radical (unpaired) electrons. The molecule has 1 saturated heterocycles. The van der Waals surface area contributed by atoms with Crippen LogP contribution in [0.15, 0.2) is 18.2 Å². The number of likely N-dealkylation sites (tertiary alicyclic amines) is 1. The molecule has 1 aromatic heterocycles. The van der Waals surface area contributed by atoms with Crippen LogP contribution in [0.25, 0.3) is 11.0 Å². The molecule has 1 aliphatic heterocycles. The van der Waals surface area contributed by atoms with Gasteiger partial charge in [-0.25, -0.2) is 4.98 Å². The van der Waals surface area contributed by atoms with Gasteiger partial charge in [0.2, 0.25) is 5.95 Å². The molecule has 0 aliphatic carbocycles. The van der Waals surface area contributed by atoms with E-state index in [1.165, 1.54) is 25.9 Å². The van der Waals surface area contributed by atoms with Gasteiger partial charge in [0.05, 0.1) is 11.0 Å². The third-order valence-electron chi connectivity index (χ3n) is 4.34. The number of rotatable bonds is 3. The minimum absolute atomic E-state index is 0.593. The average molecular weight is 293 g/mol. The molecule has 0 atom stereocenters. The monoisotopic (exact) mass is 292 g/mol. The third kappa shape index (κ3) is 2.76. The molecule has 0 saturated carbocycles. The van der Waals surface area contributed by atoms with Crippen LogP contribution < -0.4 is 5.73 Å². The Kier molecular flexibility index (Phi) is 3.85. The van der Waals surface area contributed by atoms with Gasteiger partial charge >= 0.3 is 0 Å². The van der Waals surface area contributed by atoms with Gasteiger partial charge < -0.3 is 15.2 Å². The molecule has 1 aromatic carbocycles. The van der Waals surface area contributed by atoms with Gasteiger partial charge in [-0.3, -0.25) is 0 Å². The van der Waals surface area contributed by atoms with Crippen LogP contribution in [0.1, 0.15) is 19.3 Å². The highest BCUT2D eigenvalue weighted by atomic mass is 35.5. The Bertz CT molecular complexity index is 599. The van der Waals surface area contributed by atoms with E-state index >= 15 is 0 Å². The van der Waals surface area contributed by atoms with Crippen molar-refractivity contribution in [2.24, 2.45) is 5.92 Å². The molecule has 5 heteroatoms. The molecule has 1 aliphatic rings. The van der Waals surface area contributed by atoms with Gasteiger partial charge in [0.1, 0.15) is 0 Å². The number of piperidine rings is 1. The van der Waals surface area contributed by atoms with Crippen LogP contribution in [0.3, 0.4) is 0 Å². The van der Waals surface area contributed by atoms with Crippen molar-refractivity contribution in [3.63, 3.8) is 0 Å². The van der Waals surface area contributed by atoms with E-state index in [0.717, 1.165) is 34.9 Å². The Morgan fingerprint density at radius 2 is 2.10 bits per heavy atom. The highest BCUT2D eigenvalue weighted by Gasteiger charge is 2.17. The molecular formula is C15H21ClN4. The van der Waals surface area contributed by atoms with Crippen LogP contribution in [-0.4, -0.2) is 34.6 Å². The van der Waals surface area contributed by atoms with Crippen molar-refractivity contribution in [1.29, 1.82) is 0 Å². The van der Waals surface area contributed by atoms with Gasteiger partial charge in [-0.1, -0.05) is 11.6 Å². The molecule has 0 bridgehead atoms. The minimum Gasteiger partial charge on any atom is -0.369 e. The molecular weight excluding hydrogens is 272 g/mol. The van der Waals surface area contributed by atoms with Crippen LogP contribution in [0, 0.1) is 5.92 Å². The summed E-state index contributed by atoms with van der Waals surface area (Å²) >= 11 is 6.08. The first-order chi connectivity index (χ1) is 9.63. The molecule has 4 nitrogen and oxygen atoms in total. The first kappa shape index (κ1) is 13.7. The number of benzene rings is 1. The van der Waals surface area contributed by atoms with Crippen molar-refractivity contribution >= 4 is 28.6 Å². The number of aryl methyl sites for hydroxylation is 1. The summed E-state index contributed by atoms with van der Waals surface area (Å²) in [6.45, 7) is 3.34. The van der Waals surface area contributed by atoms with Gasteiger partial charge in [-0.15, -0.1) is 0 Å². The van der Waals surface area contributed by atoms with Crippen molar-refractivity contribution < 1.29 is 0 Å². The van der Waals surface area contributed by atoms with Gasteiger partial charge in [-0.2, -0.15) is 0 Å². The summed E-state index contributed by atoms with van der Waals surface area (Å²) in [7, 11) is 2.19. The van der Waals surface area contributed by atoms with Crippen molar-refractivity contribution in [1.82, 2.24) is 14.5 Å². The molecule has 0 unspecified atom stereocenters. The molecule has 0 spiro atoms. The summed E-state index contributed by atoms with van der Waals surface area (Å²) in [5, 5.41) is 0.734. The summed E-state index contributed by atoms with van der Waals surface area (Å²) in [5.41, 5.74) is 8.01. The number of nitrogens with two attached hydrogens (primary N) is 1. The van der Waals surface area contributed by atoms with E-state index in [2.05, 4.69) is 21.5 Å². The molecule has 2 aromatic rings. The largest absolute Gasteiger partial charge is 0.369 e. The van der Waals surface area contributed by atoms with E-state index in [9.17, 15) is 0 Å². The fraction of sp³-hybridized carbons (Fsp3) is 0.533. The second kappa shape index (κ2) is 5.62. The predicted octanol–water partition coefficient (Wildman–Crippen LogP) is 3.00. The highest BCUT2D eigenvalue weighted by molar-refractivity contribution is 6.31. The number of hydrogen-bond acceptors (Lipinski definition) is 3. The molecule has 2 N–H and O–H groups in total. The zero-order chi connectivity index (χ0) is 14.1. The van der Waals surface area contributed by atoms with Crippen molar-refractivity contribution in [2.75, 3.05) is 25.9 Å². The predicted molar refractivity (Wildman–Crippen MR) is 84.0 cm³/mol. The van der Waals surface area contributed by atoms with Gasteiger partial charge in [0, 0.05) is 11.6 Å². The zero-order valence-corrected chi connectivity index (χ0v) is 12.6. The molecule has 0 amide bonds. The molecule has 108 valence electrons. The number of anilines is 1. The number of hydrogen-bond donors (Lipinski definition) is 1.